The number of hydrogen-bond donors (Lipinski definition) is 6. The van der Waals surface area contributed by atoms with Crippen molar-refractivity contribution in [3.8, 4) is 5.75 Å². The lowest BCUT2D eigenvalue weighted by Crippen LogP contribution is -2.57. The summed E-state index contributed by atoms with van der Waals surface area (Å²) in [6.07, 6.45) is -7.60. The average Bonchev–Trinajstić information content (AvgIpc) is 2.71. The van der Waals surface area contributed by atoms with Gasteiger partial charge in [0, 0.05) is 6.42 Å². The number of nitrogens with zero attached hydrogens (tertiary/aromatic N) is 1. The van der Waals surface area contributed by atoms with Gasteiger partial charge in [-0.3, -0.25) is 4.55 Å². The zero-order chi connectivity index (χ0) is 22.5. The van der Waals surface area contributed by atoms with Crippen molar-refractivity contribution in [1.82, 2.24) is 0 Å². The third-order valence-corrected chi connectivity index (χ3v) is 5.60. The normalized spacial score (nSPS) is 28.8. The standard InChI is InChI=1S/C16H23NO11S2/c1-26-9-4-2-8(3-5-9)10(19)6-12(17-28-30(23,24)25)29-16-15(22)14(21)13(20)11(7-18)27-16/h2-5,10-11,13-16,18-22H,6-7H2,1H3,(H,23,24,25). The first-order valence-corrected chi connectivity index (χ1v) is 10.8. The maximum atomic E-state index is 10.9. The minimum Gasteiger partial charge on any atom is -0.497 e. The molecule has 6 unspecified atom stereocenters. The number of aliphatic hydroxyl groups excluding tert-OH is 5. The van der Waals surface area contributed by atoms with Crippen molar-refractivity contribution in [2.24, 2.45) is 5.16 Å². The molecule has 0 spiro atoms. The first-order chi connectivity index (χ1) is 14.1. The van der Waals surface area contributed by atoms with Crippen LogP contribution in [0.1, 0.15) is 18.1 Å². The zero-order valence-corrected chi connectivity index (χ0v) is 17.3. The SMILES string of the molecule is COc1ccc(C(O)CC(=NOS(=O)(=O)O)SC2OC(CO)C(O)C(O)C2O)cc1. The predicted octanol–water partition coefficient (Wildman–Crippen LogP) is -1.22. The summed E-state index contributed by atoms with van der Waals surface area (Å²) in [6, 6.07) is 6.30. The highest BCUT2D eigenvalue weighted by atomic mass is 32.3. The van der Waals surface area contributed by atoms with E-state index in [1.54, 1.807) is 24.3 Å². The van der Waals surface area contributed by atoms with Crippen LogP contribution in [0.2, 0.25) is 0 Å². The molecule has 170 valence electrons. The van der Waals surface area contributed by atoms with Crippen LogP contribution in [-0.2, 0) is 19.4 Å². The fraction of sp³-hybridized carbons (Fsp3) is 0.562. The molecule has 14 heteroatoms. The topological polar surface area (TPSA) is 196 Å². The highest BCUT2D eigenvalue weighted by Crippen LogP contribution is 2.32. The van der Waals surface area contributed by atoms with Gasteiger partial charge in [0.05, 0.1) is 19.8 Å². The van der Waals surface area contributed by atoms with E-state index < -0.39 is 53.0 Å². The lowest BCUT2D eigenvalue weighted by Gasteiger charge is -2.39. The molecule has 0 radical (unpaired) electrons. The molecule has 1 aliphatic rings. The molecule has 0 saturated carbocycles. The van der Waals surface area contributed by atoms with Crippen molar-refractivity contribution in [3.05, 3.63) is 29.8 Å². The van der Waals surface area contributed by atoms with E-state index in [2.05, 4.69) is 9.44 Å². The third-order valence-electron chi connectivity index (χ3n) is 4.20. The third kappa shape index (κ3) is 6.76. The van der Waals surface area contributed by atoms with Crippen LogP contribution in [0, 0.1) is 0 Å². The minimum absolute atomic E-state index is 0.222. The van der Waals surface area contributed by atoms with Crippen molar-refractivity contribution < 1.29 is 52.3 Å². The number of aliphatic hydroxyl groups is 5. The number of benzene rings is 1. The maximum Gasteiger partial charge on any atom is 0.466 e. The van der Waals surface area contributed by atoms with Gasteiger partial charge in [0.2, 0.25) is 0 Å². The van der Waals surface area contributed by atoms with E-state index in [1.807, 2.05) is 0 Å². The molecular formula is C16H23NO11S2. The molecule has 1 saturated heterocycles. The number of rotatable bonds is 8. The van der Waals surface area contributed by atoms with Crippen molar-refractivity contribution >= 4 is 27.2 Å². The van der Waals surface area contributed by atoms with Crippen LogP contribution in [0.3, 0.4) is 0 Å². The Morgan fingerprint density at radius 2 is 1.83 bits per heavy atom. The summed E-state index contributed by atoms with van der Waals surface area (Å²) in [5.41, 5.74) is -0.878. The fourth-order valence-corrected chi connectivity index (χ4v) is 3.94. The molecule has 0 bridgehead atoms. The van der Waals surface area contributed by atoms with Gasteiger partial charge in [0.25, 0.3) is 0 Å². The molecule has 0 aliphatic carbocycles. The second kappa shape index (κ2) is 10.7. The molecule has 1 aliphatic heterocycles. The Hall–Kier alpha value is -1.49. The Bertz CT molecular complexity index is 815. The van der Waals surface area contributed by atoms with Gasteiger partial charge in [-0.05, 0) is 17.7 Å². The summed E-state index contributed by atoms with van der Waals surface area (Å²) in [6.45, 7) is -0.662. The molecule has 6 N–H and O–H groups in total. The van der Waals surface area contributed by atoms with E-state index in [4.69, 9.17) is 14.0 Å². The summed E-state index contributed by atoms with van der Waals surface area (Å²) in [7, 11) is -3.48. The number of methoxy groups -OCH3 is 1. The van der Waals surface area contributed by atoms with Crippen molar-refractivity contribution in [3.63, 3.8) is 0 Å². The number of thioether (sulfide) groups is 1. The number of ether oxygens (including phenoxy) is 2. The second-order valence-electron chi connectivity index (χ2n) is 6.30. The van der Waals surface area contributed by atoms with E-state index in [9.17, 15) is 34.0 Å². The summed E-state index contributed by atoms with van der Waals surface area (Å²) < 4.78 is 44.8. The Morgan fingerprint density at radius 3 is 2.37 bits per heavy atom. The smallest absolute Gasteiger partial charge is 0.466 e. The first-order valence-electron chi connectivity index (χ1n) is 8.57. The lowest BCUT2D eigenvalue weighted by atomic mass is 10.0. The van der Waals surface area contributed by atoms with Gasteiger partial charge < -0.3 is 35.0 Å². The molecule has 2 rings (SSSR count). The highest BCUT2D eigenvalue weighted by molar-refractivity contribution is 8.14. The molecule has 0 aromatic heterocycles. The van der Waals surface area contributed by atoms with Gasteiger partial charge in [-0.15, -0.1) is 0 Å². The van der Waals surface area contributed by atoms with Crippen LogP contribution in [0.25, 0.3) is 0 Å². The van der Waals surface area contributed by atoms with Crippen molar-refractivity contribution in [2.45, 2.75) is 42.4 Å². The second-order valence-corrected chi connectivity index (χ2v) is 8.47. The molecule has 0 amide bonds. The molecule has 1 fully saturated rings. The van der Waals surface area contributed by atoms with E-state index in [-0.39, 0.29) is 11.5 Å². The van der Waals surface area contributed by atoms with Gasteiger partial charge in [0.1, 0.15) is 40.6 Å². The van der Waals surface area contributed by atoms with Gasteiger partial charge in [-0.25, -0.2) is 4.28 Å². The number of hydrogen-bond acceptors (Lipinski definition) is 12. The first kappa shape index (κ1) is 24.8. The average molecular weight is 469 g/mol. The largest absolute Gasteiger partial charge is 0.497 e. The maximum absolute atomic E-state index is 10.9. The Kier molecular flexibility index (Phi) is 8.84. The predicted molar refractivity (Wildman–Crippen MR) is 104 cm³/mol. The monoisotopic (exact) mass is 469 g/mol. The van der Waals surface area contributed by atoms with Crippen LogP contribution < -0.4 is 4.74 Å². The summed E-state index contributed by atoms with van der Waals surface area (Å²) >= 11 is 0.580. The van der Waals surface area contributed by atoms with Gasteiger partial charge in [-0.1, -0.05) is 29.1 Å². The quantitative estimate of drug-likeness (QED) is 0.115. The van der Waals surface area contributed by atoms with Gasteiger partial charge in [0.15, 0.2) is 0 Å². The molecule has 1 heterocycles. The van der Waals surface area contributed by atoms with Crippen molar-refractivity contribution in [1.29, 1.82) is 0 Å². The van der Waals surface area contributed by atoms with Crippen LogP contribution in [0.4, 0.5) is 0 Å². The van der Waals surface area contributed by atoms with Gasteiger partial charge in [-0.2, -0.15) is 8.42 Å². The Morgan fingerprint density at radius 1 is 1.20 bits per heavy atom. The molecule has 1 aromatic rings. The Labute approximate surface area is 176 Å². The molecule has 12 nitrogen and oxygen atoms in total. The van der Waals surface area contributed by atoms with E-state index in [0.29, 0.717) is 23.1 Å². The summed E-state index contributed by atoms with van der Waals surface area (Å²) in [5, 5.41) is 52.6. The fourth-order valence-electron chi connectivity index (χ4n) is 2.60. The van der Waals surface area contributed by atoms with Crippen LogP contribution in [0.5, 0.6) is 5.75 Å². The molecule has 6 atom stereocenters. The zero-order valence-electron chi connectivity index (χ0n) is 15.7. The van der Waals surface area contributed by atoms with Gasteiger partial charge >= 0.3 is 10.4 Å². The van der Waals surface area contributed by atoms with E-state index >= 15 is 0 Å². The van der Waals surface area contributed by atoms with Crippen LogP contribution >= 0.6 is 11.8 Å². The van der Waals surface area contributed by atoms with Crippen LogP contribution in [-0.4, -0.2) is 87.1 Å². The number of oxime groups is 1. The minimum atomic E-state index is -4.95. The lowest BCUT2D eigenvalue weighted by molar-refractivity contribution is -0.205. The Balaban J connectivity index is 2.20. The summed E-state index contributed by atoms with van der Waals surface area (Å²) in [4.78, 5) is 0. The highest BCUT2D eigenvalue weighted by Gasteiger charge is 2.44. The molecular weight excluding hydrogens is 446 g/mol. The molecule has 1 aromatic carbocycles. The summed E-state index contributed by atoms with van der Waals surface area (Å²) in [5.74, 6) is 0.547. The van der Waals surface area contributed by atoms with Crippen molar-refractivity contribution in [2.75, 3.05) is 13.7 Å². The molecule has 30 heavy (non-hydrogen) atoms. The van der Waals surface area contributed by atoms with E-state index in [0.717, 1.165) is 0 Å². The van der Waals surface area contributed by atoms with Crippen LogP contribution in [0.15, 0.2) is 29.4 Å². The van der Waals surface area contributed by atoms with E-state index in [1.165, 1.54) is 7.11 Å².